The number of benzene rings is 1. The van der Waals surface area contributed by atoms with E-state index in [1.54, 1.807) is 34.9 Å². The largest absolute Gasteiger partial charge is 0.287 e. The van der Waals surface area contributed by atoms with Crippen molar-refractivity contribution in [3.8, 4) is 0 Å². The van der Waals surface area contributed by atoms with Crippen molar-refractivity contribution in [1.82, 2.24) is 19.1 Å². The summed E-state index contributed by atoms with van der Waals surface area (Å²) in [5, 5.41) is 3.93. The third-order valence-corrected chi connectivity index (χ3v) is 8.66. The Kier molecular flexibility index (Phi) is 5.19. The van der Waals surface area contributed by atoms with E-state index < -0.39 is 10.0 Å². The fourth-order valence-corrected chi connectivity index (χ4v) is 6.54. The normalized spacial score (nSPS) is 21.7. The molecule has 0 saturated heterocycles. The predicted molar refractivity (Wildman–Crippen MR) is 116 cm³/mol. The minimum atomic E-state index is -3.42. The zero-order chi connectivity index (χ0) is 21.4. The summed E-state index contributed by atoms with van der Waals surface area (Å²) in [4.78, 5) is 17.0. The van der Waals surface area contributed by atoms with Gasteiger partial charge in [0.1, 0.15) is 5.69 Å². The molecule has 1 fully saturated rings. The molecule has 0 N–H and O–H groups in total. The molecule has 0 bridgehead atoms. The highest BCUT2D eigenvalue weighted by molar-refractivity contribution is 7.89. The molecule has 5 rings (SSSR count). The first kappa shape index (κ1) is 20.1. The van der Waals surface area contributed by atoms with E-state index in [1.807, 2.05) is 35.1 Å². The van der Waals surface area contributed by atoms with E-state index in [1.165, 1.54) is 0 Å². The molecule has 0 amide bonds. The quantitative estimate of drug-likeness (QED) is 0.573. The van der Waals surface area contributed by atoms with Crippen molar-refractivity contribution in [2.45, 2.75) is 50.1 Å². The van der Waals surface area contributed by atoms with E-state index in [0.29, 0.717) is 37.2 Å². The number of fused-ring (bicyclic) bond motifs is 1. The molecule has 3 aromatic rings. The van der Waals surface area contributed by atoms with Crippen molar-refractivity contribution in [2.75, 3.05) is 0 Å². The van der Waals surface area contributed by atoms with Gasteiger partial charge in [-0.3, -0.25) is 14.5 Å². The third kappa shape index (κ3) is 3.81. The molecule has 0 atom stereocenters. The standard InChI is InChI=1S/C23H24N4O3S/c28-23(17-5-2-1-3-6-17)22-13-18-15-26(16-19(18)14-24-22)31(29,30)21-9-7-20(8-10-21)27-12-4-11-25-27/h1-6,11-14,20-21H,7-10,15-16H2. The summed E-state index contributed by atoms with van der Waals surface area (Å²) in [5.41, 5.74) is 2.66. The van der Waals surface area contributed by atoms with Gasteiger partial charge in [0.05, 0.1) is 11.3 Å². The number of carbonyl (C=O) groups is 1. The molecule has 1 aliphatic heterocycles. The third-order valence-electron chi connectivity index (χ3n) is 6.37. The summed E-state index contributed by atoms with van der Waals surface area (Å²) < 4.78 is 30.1. The van der Waals surface area contributed by atoms with E-state index in [9.17, 15) is 13.2 Å². The van der Waals surface area contributed by atoms with Crippen molar-refractivity contribution in [1.29, 1.82) is 0 Å². The highest BCUT2D eigenvalue weighted by Gasteiger charge is 2.38. The minimum absolute atomic E-state index is 0.151. The lowest BCUT2D eigenvalue weighted by atomic mass is 9.95. The second-order valence-corrected chi connectivity index (χ2v) is 10.5. The number of aromatic nitrogens is 3. The van der Waals surface area contributed by atoms with Crippen LogP contribution < -0.4 is 0 Å². The number of sulfonamides is 1. The second-order valence-electron chi connectivity index (χ2n) is 8.26. The number of ketones is 1. The van der Waals surface area contributed by atoms with Gasteiger partial charge < -0.3 is 0 Å². The Morgan fingerprint density at radius 3 is 2.42 bits per heavy atom. The van der Waals surface area contributed by atoms with Gasteiger partial charge in [0.25, 0.3) is 0 Å². The van der Waals surface area contributed by atoms with Gasteiger partial charge in [0, 0.05) is 37.2 Å². The van der Waals surface area contributed by atoms with Crippen molar-refractivity contribution in [3.05, 3.63) is 83.4 Å². The SMILES string of the molecule is O=C(c1ccccc1)c1cc2c(cn1)CN(S(=O)(=O)C1CCC(n3cccn3)CC1)C2. The van der Waals surface area contributed by atoms with Crippen molar-refractivity contribution < 1.29 is 13.2 Å². The fourth-order valence-electron chi connectivity index (χ4n) is 4.61. The zero-order valence-electron chi connectivity index (χ0n) is 17.1. The van der Waals surface area contributed by atoms with Gasteiger partial charge in [-0.15, -0.1) is 0 Å². The zero-order valence-corrected chi connectivity index (χ0v) is 17.9. The molecule has 8 heteroatoms. The summed E-state index contributed by atoms with van der Waals surface area (Å²) in [5.74, 6) is -0.151. The van der Waals surface area contributed by atoms with E-state index in [-0.39, 0.29) is 17.1 Å². The second kappa shape index (κ2) is 8.01. The Morgan fingerprint density at radius 2 is 1.71 bits per heavy atom. The number of carbonyl (C=O) groups excluding carboxylic acids is 1. The predicted octanol–water partition coefficient (Wildman–Crippen LogP) is 3.34. The highest BCUT2D eigenvalue weighted by atomic mass is 32.2. The Balaban J connectivity index is 1.28. The van der Waals surface area contributed by atoms with E-state index in [0.717, 1.165) is 24.0 Å². The van der Waals surface area contributed by atoms with E-state index in [2.05, 4.69) is 10.1 Å². The molecule has 160 valence electrons. The van der Waals surface area contributed by atoms with E-state index in [4.69, 9.17) is 0 Å². The van der Waals surface area contributed by atoms with Crippen LogP contribution in [0.4, 0.5) is 0 Å². The van der Waals surface area contributed by atoms with Crippen molar-refractivity contribution >= 4 is 15.8 Å². The van der Waals surface area contributed by atoms with Gasteiger partial charge in [-0.25, -0.2) is 8.42 Å². The average molecular weight is 437 g/mol. The lowest BCUT2D eigenvalue weighted by Gasteiger charge is -2.31. The van der Waals surface area contributed by atoms with Crippen LogP contribution in [0, 0.1) is 0 Å². The minimum Gasteiger partial charge on any atom is -0.287 e. The first-order valence-electron chi connectivity index (χ1n) is 10.6. The highest BCUT2D eigenvalue weighted by Crippen LogP contribution is 2.35. The van der Waals surface area contributed by atoms with Crippen molar-refractivity contribution in [3.63, 3.8) is 0 Å². The van der Waals surface area contributed by atoms with Crippen LogP contribution >= 0.6 is 0 Å². The van der Waals surface area contributed by atoms with Gasteiger partial charge in [-0.05, 0) is 48.9 Å². The smallest absolute Gasteiger partial charge is 0.217 e. The van der Waals surface area contributed by atoms with Crippen LogP contribution in [-0.4, -0.2) is 38.5 Å². The van der Waals surface area contributed by atoms with Crippen LogP contribution in [0.3, 0.4) is 0 Å². The van der Waals surface area contributed by atoms with Gasteiger partial charge in [-0.2, -0.15) is 9.40 Å². The summed E-state index contributed by atoms with van der Waals surface area (Å²) in [6.45, 7) is 0.623. The van der Waals surface area contributed by atoms with E-state index >= 15 is 0 Å². The maximum atomic E-state index is 13.3. The van der Waals surface area contributed by atoms with Gasteiger partial charge in [-0.1, -0.05) is 30.3 Å². The summed E-state index contributed by atoms with van der Waals surface area (Å²) in [7, 11) is -3.42. The Hall–Kier alpha value is -2.84. The van der Waals surface area contributed by atoms with Gasteiger partial charge >= 0.3 is 0 Å². The first-order chi connectivity index (χ1) is 15.0. The molecular formula is C23H24N4O3S. The Morgan fingerprint density at radius 1 is 0.968 bits per heavy atom. The maximum absolute atomic E-state index is 13.3. The lowest BCUT2D eigenvalue weighted by molar-refractivity contribution is 0.103. The molecule has 2 aliphatic rings. The van der Waals surface area contributed by atoms with Crippen LogP contribution in [0.5, 0.6) is 0 Å². The molecule has 31 heavy (non-hydrogen) atoms. The molecule has 2 aromatic heterocycles. The first-order valence-corrected chi connectivity index (χ1v) is 12.1. The molecule has 0 unspecified atom stereocenters. The summed E-state index contributed by atoms with van der Waals surface area (Å²) in [6.07, 6.45) is 8.24. The molecular weight excluding hydrogens is 412 g/mol. The van der Waals surface area contributed by atoms with Crippen LogP contribution in [0.15, 0.2) is 61.1 Å². The Labute approximate surface area is 181 Å². The average Bonchev–Trinajstić information content (AvgIpc) is 3.49. The maximum Gasteiger partial charge on any atom is 0.217 e. The number of pyridine rings is 1. The number of rotatable bonds is 5. The molecule has 1 aliphatic carbocycles. The Bertz CT molecular complexity index is 1180. The molecule has 3 heterocycles. The number of hydrogen-bond acceptors (Lipinski definition) is 5. The monoisotopic (exact) mass is 436 g/mol. The molecule has 1 saturated carbocycles. The van der Waals surface area contributed by atoms with Crippen molar-refractivity contribution in [2.24, 2.45) is 0 Å². The topological polar surface area (TPSA) is 85.2 Å². The summed E-state index contributed by atoms with van der Waals surface area (Å²) in [6, 6.07) is 12.9. The van der Waals surface area contributed by atoms with Crippen LogP contribution in [0.2, 0.25) is 0 Å². The molecule has 7 nitrogen and oxygen atoms in total. The molecule has 0 spiro atoms. The molecule has 1 aromatic carbocycles. The number of nitrogens with zero attached hydrogens (tertiary/aromatic N) is 4. The lowest BCUT2D eigenvalue weighted by Crippen LogP contribution is -2.38. The van der Waals surface area contributed by atoms with Crippen LogP contribution in [0.1, 0.15) is 58.9 Å². The molecule has 0 radical (unpaired) electrons. The fraction of sp³-hybridized carbons (Fsp3) is 0.348. The van der Waals surface area contributed by atoms with Crippen LogP contribution in [-0.2, 0) is 23.1 Å². The summed E-state index contributed by atoms with van der Waals surface area (Å²) >= 11 is 0. The van der Waals surface area contributed by atoms with Gasteiger partial charge in [0.15, 0.2) is 0 Å². The van der Waals surface area contributed by atoms with Crippen LogP contribution in [0.25, 0.3) is 0 Å². The van der Waals surface area contributed by atoms with Gasteiger partial charge in [0.2, 0.25) is 15.8 Å². The number of hydrogen-bond donors (Lipinski definition) is 0.